The molecule has 0 bridgehead atoms. The fourth-order valence-electron chi connectivity index (χ4n) is 2.08. The summed E-state index contributed by atoms with van der Waals surface area (Å²) < 4.78 is 0. The molecule has 2 nitrogen and oxygen atoms in total. The molecule has 0 aromatic heterocycles. The van der Waals surface area contributed by atoms with Crippen molar-refractivity contribution in [3.8, 4) is 12.3 Å². The predicted molar refractivity (Wildman–Crippen MR) is 75.5 cm³/mol. The van der Waals surface area contributed by atoms with Gasteiger partial charge in [-0.15, -0.1) is 18.2 Å². The van der Waals surface area contributed by atoms with E-state index in [1.54, 1.807) is 11.8 Å². The summed E-state index contributed by atoms with van der Waals surface area (Å²) in [6.07, 6.45) is 8.04. The topological polar surface area (TPSA) is 29.1 Å². The summed E-state index contributed by atoms with van der Waals surface area (Å²) in [6, 6.07) is 8.04. The van der Waals surface area contributed by atoms with Gasteiger partial charge in [-0.2, -0.15) is 0 Å². The molecule has 18 heavy (non-hydrogen) atoms. The summed E-state index contributed by atoms with van der Waals surface area (Å²) >= 11 is 1.63. The number of rotatable bonds is 4. The van der Waals surface area contributed by atoms with Crippen LogP contribution in [0.25, 0.3) is 0 Å². The number of amides is 1. The maximum Gasteiger partial charge on any atom is 0.234 e. The Morgan fingerprint density at radius 2 is 2.39 bits per heavy atom. The number of thioether (sulfide) groups is 1. The number of fused-ring (bicyclic) bond motifs is 1. The number of terminal acetylenes is 1. The SMILES string of the molecule is C#CC(CCC)NC(=O)C1Cc2ccccc2S1. The maximum atomic E-state index is 12.1. The molecule has 1 aliphatic rings. The molecule has 1 N–H and O–H groups in total. The number of benzene rings is 1. The zero-order valence-electron chi connectivity index (χ0n) is 10.5. The number of hydrogen-bond donors (Lipinski definition) is 1. The van der Waals surface area contributed by atoms with Gasteiger partial charge < -0.3 is 5.32 Å². The number of nitrogens with one attached hydrogen (secondary N) is 1. The Kier molecular flexibility index (Phi) is 4.33. The van der Waals surface area contributed by atoms with Crippen LogP contribution in [0, 0.1) is 12.3 Å². The second-order valence-electron chi connectivity index (χ2n) is 4.43. The van der Waals surface area contributed by atoms with Gasteiger partial charge in [0.1, 0.15) is 0 Å². The van der Waals surface area contributed by atoms with Gasteiger partial charge in [0.25, 0.3) is 0 Å². The van der Waals surface area contributed by atoms with Crippen LogP contribution in [0.2, 0.25) is 0 Å². The molecule has 0 radical (unpaired) electrons. The first-order valence-electron chi connectivity index (χ1n) is 6.25. The van der Waals surface area contributed by atoms with Crippen LogP contribution in [0.3, 0.4) is 0 Å². The van der Waals surface area contributed by atoms with E-state index in [4.69, 9.17) is 6.42 Å². The summed E-state index contributed by atoms with van der Waals surface area (Å²) in [5, 5.41) is 2.92. The first kappa shape index (κ1) is 13.0. The first-order chi connectivity index (χ1) is 8.74. The highest BCUT2D eigenvalue weighted by Crippen LogP contribution is 2.36. The van der Waals surface area contributed by atoms with Crippen molar-refractivity contribution in [1.29, 1.82) is 0 Å². The molecule has 0 saturated carbocycles. The van der Waals surface area contributed by atoms with Crippen molar-refractivity contribution in [3.05, 3.63) is 29.8 Å². The van der Waals surface area contributed by atoms with Crippen LogP contribution in [0.1, 0.15) is 25.3 Å². The highest BCUT2D eigenvalue weighted by Gasteiger charge is 2.28. The summed E-state index contributed by atoms with van der Waals surface area (Å²) in [6.45, 7) is 2.07. The van der Waals surface area contributed by atoms with Gasteiger partial charge in [-0.3, -0.25) is 4.79 Å². The van der Waals surface area contributed by atoms with Crippen molar-refractivity contribution in [2.45, 2.75) is 42.4 Å². The summed E-state index contributed by atoms with van der Waals surface area (Å²) in [7, 11) is 0. The summed E-state index contributed by atoms with van der Waals surface area (Å²) in [5.74, 6) is 2.70. The molecular formula is C15H17NOS. The lowest BCUT2D eigenvalue weighted by atomic mass is 10.1. The molecule has 0 saturated heterocycles. The van der Waals surface area contributed by atoms with Gasteiger partial charge in [-0.25, -0.2) is 0 Å². The minimum Gasteiger partial charge on any atom is -0.341 e. The number of hydrogen-bond acceptors (Lipinski definition) is 2. The van der Waals surface area contributed by atoms with E-state index in [0.29, 0.717) is 0 Å². The quantitative estimate of drug-likeness (QED) is 0.842. The third-order valence-corrected chi connectivity index (χ3v) is 4.35. The average molecular weight is 259 g/mol. The van der Waals surface area contributed by atoms with Crippen LogP contribution >= 0.6 is 11.8 Å². The Bertz CT molecular complexity index is 453. The second-order valence-corrected chi connectivity index (χ2v) is 5.68. The zero-order chi connectivity index (χ0) is 13.0. The van der Waals surface area contributed by atoms with Crippen molar-refractivity contribution in [2.75, 3.05) is 0 Å². The van der Waals surface area contributed by atoms with E-state index in [0.717, 1.165) is 19.3 Å². The van der Waals surface area contributed by atoms with E-state index in [-0.39, 0.29) is 17.2 Å². The molecule has 1 amide bonds. The molecule has 2 unspecified atom stereocenters. The monoisotopic (exact) mass is 259 g/mol. The van der Waals surface area contributed by atoms with Crippen molar-refractivity contribution in [2.24, 2.45) is 0 Å². The molecule has 2 atom stereocenters. The Labute approximate surface area is 113 Å². The van der Waals surface area contributed by atoms with E-state index in [1.165, 1.54) is 10.5 Å². The lowest BCUT2D eigenvalue weighted by Gasteiger charge is -2.15. The van der Waals surface area contributed by atoms with E-state index < -0.39 is 0 Å². The molecular weight excluding hydrogens is 242 g/mol. The predicted octanol–water partition coefficient (Wildman–Crippen LogP) is 2.62. The minimum absolute atomic E-state index is 0.0323. The average Bonchev–Trinajstić information content (AvgIpc) is 2.82. The summed E-state index contributed by atoms with van der Waals surface area (Å²) in [4.78, 5) is 13.3. The van der Waals surface area contributed by atoms with E-state index in [9.17, 15) is 4.79 Å². The Hall–Kier alpha value is -1.40. The molecule has 2 rings (SSSR count). The third kappa shape index (κ3) is 2.88. The third-order valence-electron chi connectivity index (χ3n) is 3.03. The number of carbonyl (C=O) groups excluding carboxylic acids is 1. The van der Waals surface area contributed by atoms with E-state index >= 15 is 0 Å². The molecule has 3 heteroatoms. The Balaban J connectivity index is 1.95. The first-order valence-corrected chi connectivity index (χ1v) is 7.13. The van der Waals surface area contributed by atoms with Gasteiger partial charge in [-0.1, -0.05) is 37.5 Å². The fourth-order valence-corrected chi connectivity index (χ4v) is 3.28. The standard InChI is InChI=1S/C15H17NOS/c1-3-7-12(4-2)16-15(17)14-10-11-8-5-6-9-13(11)18-14/h2,5-6,8-9,12,14H,3,7,10H2,1H3,(H,16,17). The van der Waals surface area contributed by atoms with Gasteiger partial charge in [0.05, 0.1) is 11.3 Å². The van der Waals surface area contributed by atoms with Crippen LogP contribution < -0.4 is 5.32 Å². The van der Waals surface area contributed by atoms with Crippen molar-refractivity contribution in [1.82, 2.24) is 5.32 Å². The van der Waals surface area contributed by atoms with Gasteiger partial charge in [0.2, 0.25) is 5.91 Å². The van der Waals surface area contributed by atoms with Crippen molar-refractivity contribution < 1.29 is 4.79 Å². The largest absolute Gasteiger partial charge is 0.341 e. The highest BCUT2D eigenvalue weighted by molar-refractivity contribution is 8.01. The normalized spacial score (nSPS) is 18.8. The highest BCUT2D eigenvalue weighted by atomic mass is 32.2. The molecule has 0 fully saturated rings. The lowest BCUT2D eigenvalue weighted by molar-refractivity contribution is -0.120. The Morgan fingerprint density at radius 1 is 1.61 bits per heavy atom. The van der Waals surface area contributed by atoms with Crippen molar-refractivity contribution >= 4 is 17.7 Å². The van der Waals surface area contributed by atoms with Crippen LogP contribution in [-0.2, 0) is 11.2 Å². The zero-order valence-corrected chi connectivity index (χ0v) is 11.3. The van der Waals surface area contributed by atoms with Gasteiger partial charge in [0, 0.05) is 4.90 Å². The molecule has 0 aliphatic carbocycles. The van der Waals surface area contributed by atoms with Crippen LogP contribution in [0.15, 0.2) is 29.2 Å². The molecule has 1 heterocycles. The maximum absolute atomic E-state index is 12.1. The fraction of sp³-hybridized carbons (Fsp3) is 0.400. The van der Waals surface area contributed by atoms with Crippen LogP contribution in [0.5, 0.6) is 0 Å². The molecule has 1 aromatic rings. The summed E-state index contributed by atoms with van der Waals surface area (Å²) in [5.41, 5.74) is 1.26. The smallest absolute Gasteiger partial charge is 0.234 e. The molecule has 1 aromatic carbocycles. The number of carbonyl (C=O) groups is 1. The van der Waals surface area contributed by atoms with Gasteiger partial charge >= 0.3 is 0 Å². The van der Waals surface area contributed by atoms with E-state index in [2.05, 4.69) is 30.3 Å². The minimum atomic E-state index is -0.133. The van der Waals surface area contributed by atoms with Gasteiger partial charge in [0.15, 0.2) is 0 Å². The van der Waals surface area contributed by atoms with Crippen molar-refractivity contribution in [3.63, 3.8) is 0 Å². The van der Waals surface area contributed by atoms with Crippen LogP contribution in [0.4, 0.5) is 0 Å². The Morgan fingerprint density at radius 3 is 3.06 bits per heavy atom. The molecule has 94 valence electrons. The molecule has 0 spiro atoms. The van der Waals surface area contributed by atoms with Gasteiger partial charge in [-0.05, 0) is 24.5 Å². The second kappa shape index (κ2) is 5.97. The van der Waals surface area contributed by atoms with Crippen LogP contribution in [-0.4, -0.2) is 17.2 Å². The van der Waals surface area contributed by atoms with E-state index in [1.807, 2.05) is 12.1 Å². The molecule has 1 aliphatic heterocycles. The lowest BCUT2D eigenvalue weighted by Crippen LogP contribution is -2.39.